The molecule has 0 spiro atoms. The molecule has 0 heterocycles. The van der Waals surface area contributed by atoms with Crippen molar-refractivity contribution in [3.05, 3.63) is 23.2 Å². The number of amides is 2. The van der Waals surface area contributed by atoms with Crippen molar-refractivity contribution in [1.29, 1.82) is 0 Å². The van der Waals surface area contributed by atoms with Crippen LogP contribution in [0.3, 0.4) is 0 Å². The third-order valence-corrected chi connectivity index (χ3v) is 2.64. The zero-order valence-electron chi connectivity index (χ0n) is 10.7. The molecule has 0 radical (unpaired) electrons. The van der Waals surface area contributed by atoms with Crippen LogP contribution in [-0.4, -0.2) is 37.9 Å². The number of anilines is 2. The summed E-state index contributed by atoms with van der Waals surface area (Å²) in [6.07, 6.45) is 0. The van der Waals surface area contributed by atoms with Gasteiger partial charge in [0.15, 0.2) is 0 Å². The van der Waals surface area contributed by atoms with E-state index in [4.69, 9.17) is 16.7 Å². The van der Waals surface area contributed by atoms with Gasteiger partial charge in [-0.25, -0.2) is 4.79 Å². The van der Waals surface area contributed by atoms with E-state index in [-0.39, 0.29) is 18.7 Å². The zero-order valence-corrected chi connectivity index (χ0v) is 11.5. The third kappa shape index (κ3) is 4.09. The molecule has 0 aromatic heterocycles. The number of benzene rings is 1. The van der Waals surface area contributed by atoms with Crippen LogP contribution in [-0.2, 0) is 0 Å². The second-order valence-corrected chi connectivity index (χ2v) is 4.65. The average Bonchev–Trinajstić information content (AvgIpc) is 2.28. The van der Waals surface area contributed by atoms with Crippen molar-refractivity contribution < 1.29 is 9.90 Å². The van der Waals surface area contributed by atoms with Crippen LogP contribution in [0.25, 0.3) is 0 Å². The van der Waals surface area contributed by atoms with Crippen molar-refractivity contribution in [1.82, 2.24) is 5.32 Å². The van der Waals surface area contributed by atoms with E-state index in [1.807, 2.05) is 25.1 Å². The number of aliphatic hydroxyl groups excluding tert-OH is 1. The summed E-state index contributed by atoms with van der Waals surface area (Å²) in [5, 5.41) is 14.6. The molecule has 1 rings (SSSR count). The Morgan fingerprint density at radius 2 is 2.17 bits per heavy atom. The molecule has 0 bridgehead atoms. The monoisotopic (exact) mass is 271 g/mol. The number of carbonyl (C=O) groups is 1. The Morgan fingerprint density at radius 3 is 2.67 bits per heavy atom. The molecule has 0 saturated carbocycles. The number of hydrogen-bond acceptors (Lipinski definition) is 3. The van der Waals surface area contributed by atoms with Crippen molar-refractivity contribution in [3.8, 4) is 0 Å². The number of hydrogen-bond donors (Lipinski definition) is 3. The van der Waals surface area contributed by atoms with Gasteiger partial charge in [0.25, 0.3) is 0 Å². The van der Waals surface area contributed by atoms with Gasteiger partial charge in [0, 0.05) is 19.8 Å². The minimum atomic E-state index is -0.370. The summed E-state index contributed by atoms with van der Waals surface area (Å²) in [5.41, 5.74) is 1.49. The zero-order chi connectivity index (χ0) is 13.7. The molecule has 0 aliphatic carbocycles. The number of urea groups is 1. The molecule has 2 amide bonds. The largest absolute Gasteiger partial charge is 0.394 e. The standard InChI is InChI=1S/C12H18ClN3O2/c1-8(7-17)14-12(18)15-9-4-5-11(16(2)3)10(13)6-9/h4-6,8,17H,7H2,1-3H3,(H2,14,15,18). The van der Waals surface area contributed by atoms with E-state index >= 15 is 0 Å². The number of aliphatic hydroxyl groups is 1. The van der Waals surface area contributed by atoms with E-state index in [1.165, 1.54) is 0 Å². The highest BCUT2D eigenvalue weighted by Gasteiger charge is 2.08. The van der Waals surface area contributed by atoms with Crippen molar-refractivity contribution in [2.24, 2.45) is 0 Å². The van der Waals surface area contributed by atoms with Crippen LogP contribution in [0.15, 0.2) is 18.2 Å². The smallest absolute Gasteiger partial charge is 0.319 e. The highest BCUT2D eigenvalue weighted by molar-refractivity contribution is 6.33. The number of nitrogens with zero attached hydrogens (tertiary/aromatic N) is 1. The maximum absolute atomic E-state index is 11.5. The van der Waals surface area contributed by atoms with Crippen molar-refractivity contribution in [3.63, 3.8) is 0 Å². The molecule has 1 aromatic rings. The molecule has 1 unspecified atom stereocenters. The molecule has 100 valence electrons. The molecule has 0 saturated heterocycles. The van der Waals surface area contributed by atoms with Crippen LogP contribution in [0.4, 0.5) is 16.2 Å². The highest BCUT2D eigenvalue weighted by Crippen LogP contribution is 2.27. The first-order valence-electron chi connectivity index (χ1n) is 5.59. The summed E-state index contributed by atoms with van der Waals surface area (Å²) in [6.45, 7) is 1.61. The van der Waals surface area contributed by atoms with Gasteiger partial charge in [-0.05, 0) is 25.1 Å². The van der Waals surface area contributed by atoms with Gasteiger partial charge >= 0.3 is 6.03 Å². The number of carbonyl (C=O) groups excluding carboxylic acids is 1. The van der Waals surface area contributed by atoms with Crippen LogP contribution in [0.1, 0.15) is 6.92 Å². The SMILES string of the molecule is CC(CO)NC(=O)Nc1ccc(N(C)C)c(Cl)c1. The molecule has 18 heavy (non-hydrogen) atoms. The van der Waals surface area contributed by atoms with E-state index < -0.39 is 0 Å². The van der Waals surface area contributed by atoms with Crippen LogP contribution in [0, 0.1) is 0 Å². The third-order valence-electron chi connectivity index (χ3n) is 2.34. The second-order valence-electron chi connectivity index (χ2n) is 4.24. The summed E-state index contributed by atoms with van der Waals surface area (Å²) in [6, 6.07) is 4.62. The number of rotatable bonds is 4. The molecule has 0 aliphatic rings. The predicted octanol–water partition coefficient (Wildman–Crippen LogP) is 1.91. The fourth-order valence-corrected chi connectivity index (χ4v) is 1.73. The van der Waals surface area contributed by atoms with Crippen LogP contribution < -0.4 is 15.5 Å². The van der Waals surface area contributed by atoms with Gasteiger partial charge in [0.2, 0.25) is 0 Å². The van der Waals surface area contributed by atoms with E-state index in [2.05, 4.69) is 10.6 Å². The lowest BCUT2D eigenvalue weighted by Gasteiger charge is -2.16. The van der Waals surface area contributed by atoms with Gasteiger partial charge in [0.1, 0.15) is 0 Å². The van der Waals surface area contributed by atoms with E-state index in [0.717, 1.165) is 5.69 Å². The first-order valence-corrected chi connectivity index (χ1v) is 5.97. The molecule has 1 aromatic carbocycles. The quantitative estimate of drug-likeness (QED) is 0.784. The van der Waals surface area contributed by atoms with Crippen molar-refractivity contribution in [2.45, 2.75) is 13.0 Å². The molecule has 6 heteroatoms. The van der Waals surface area contributed by atoms with Crippen LogP contribution in [0.5, 0.6) is 0 Å². The highest BCUT2D eigenvalue weighted by atomic mass is 35.5. The number of nitrogens with one attached hydrogen (secondary N) is 2. The summed E-state index contributed by atoms with van der Waals surface area (Å²) in [4.78, 5) is 13.4. The first-order chi connectivity index (χ1) is 8.43. The Balaban J connectivity index is 2.69. The van der Waals surface area contributed by atoms with Gasteiger partial charge < -0.3 is 20.6 Å². The lowest BCUT2D eigenvalue weighted by Crippen LogP contribution is -2.38. The molecule has 0 fully saturated rings. The maximum atomic E-state index is 11.5. The van der Waals surface area contributed by atoms with Gasteiger partial charge in [0.05, 0.1) is 23.4 Å². The molecular formula is C12H18ClN3O2. The Kier molecular flexibility index (Phi) is 5.25. The Hall–Kier alpha value is -1.46. The van der Waals surface area contributed by atoms with Crippen LogP contribution >= 0.6 is 11.6 Å². The van der Waals surface area contributed by atoms with Crippen molar-refractivity contribution >= 4 is 29.0 Å². The normalized spacial score (nSPS) is 11.8. The Morgan fingerprint density at radius 1 is 1.50 bits per heavy atom. The van der Waals surface area contributed by atoms with Gasteiger partial charge in [-0.1, -0.05) is 11.6 Å². The summed E-state index contributed by atoms with van der Waals surface area (Å²) < 4.78 is 0. The second kappa shape index (κ2) is 6.47. The van der Waals surface area contributed by atoms with E-state index in [0.29, 0.717) is 10.7 Å². The summed E-state index contributed by atoms with van der Waals surface area (Å²) in [5.74, 6) is 0. The average molecular weight is 272 g/mol. The van der Waals surface area contributed by atoms with Gasteiger partial charge in [-0.2, -0.15) is 0 Å². The lowest BCUT2D eigenvalue weighted by molar-refractivity contribution is 0.229. The van der Waals surface area contributed by atoms with Crippen LogP contribution in [0.2, 0.25) is 5.02 Å². The summed E-state index contributed by atoms with van der Waals surface area (Å²) in [7, 11) is 3.79. The first kappa shape index (κ1) is 14.6. The van der Waals surface area contributed by atoms with Crippen molar-refractivity contribution in [2.75, 3.05) is 30.9 Å². The lowest BCUT2D eigenvalue weighted by atomic mass is 10.2. The predicted molar refractivity (Wildman–Crippen MR) is 74.5 cm³/mol. The minimum absolute atomic E-state index is 0.103. The molecule has 1 atom stereocenters. The van der Waals surface area contributed by atoms with E-state index in [9.17, 15) is 4.79 Å². The van der Waals surface area contributed by atoms with E-state index in [1.54, 1.807) is 19.1 Å². The van der Waals surface area contributed by atoms with Gasteiger partial charge in [-0.3, -0.25) is 0 Å². The topological polar surface area (TPSA) is 64.6 Å². The Labute approximate surface area is 112 Å². The molecule has 0 aliphatic heterocycles. The fraction of sp³-hybridized carbons (Fsp3) is 0.417. The number of halogens is 1. The Bertz CT molecular complexity index is 424. The van der Waals surface area contributed by atoms with Gasteiger partial charge in [-0.15, -0.1) is 0 Å². The minimum Gasteiger partial charge on any atom is -0.394 e. The molecule has 5 nitrogen and oxygen atoms in total. The molecule has 3 N–H and O–H groups in total. The summed E-state index contributed by atoms with van der Waals surface area (Å²) >= 11 is 6.09. The fourth-order valence-electron chi connectivity index (χ4n) is 1.38. The molecular weight excluding hydrogens is 254 g/mol. The maximum Gasteiger partial charge on any atom is 0.319 e.